The van der Waals surface area contributed by atoms with E-state index in [0.717, 1.165) is 5.56 Å². The average molecular weight is 342 g/mol. The minimum atomic E-state index is -0.590. The van der Waals surface area contributed by atoms with E-state index in [0.29, 0.717) is 5.82 Å². The molecule has 2 heterocycles. The normalized spacial score (nSPS) is 10.5. The van der Waals surface area contributed by atoms with Crippen molar-refractivity contribution in [2.24, 2.45) is 0 Å². The van der Waals surface area contributed by atoms with Gasteiger partial charge >= 0.3 is 0 Å². The van der Waals surface area contributed by atoms with Crippen molar-refractivity contribution >= 4 is 5.91 Å². The molecular formula is C17H15FN4O3. The van der Waals surface area contributed by atoms with E-state index in [1.54, 1.807) is 31.5 Å². The lowest BCUT2D eigenvalue weighted by Crippen LogP contribution is -2.24. The first kappa shape index (κ1) is 16.6. The lowest BCUT2D eigenvalue weighted by molar-refractivity contribution is 0.0941. The van der Waals surface area contributed by atoms with Crippen molar-refractivity contribution in [1.29, 1.82) is 0 Å². The van der Waals surface area contributed by atoms with Crippen molar-refractivity contribution in [3.63, 3.8) is 0 Å². The zero-order valence-corrected chi connectivity index (χ0v) is 13.4. The number of para-hydroxylation sites is 1. The zero-order chi connectivity index (χ0) is 17.6. The Morgan fingerprint density at radius 1 is 1.28 bits per heavy atom. The number of amides is 1. The second-order valence-electron chi connectivity index (χ2n) is 4.98. The fourth-order valence-corrected chi connectivity index (χ4v) is 2.17. The number of benzene rings is 1. The van der Waals surface area contributed by atoms with Gasteiger partial charge in [-0.15, -0.1) is 0 Å². The van der Waals surface area contributed by atoms with Crippen LogP contribution in [0.5, 0.6) is 5.75 Å². The fourth-order valence-electron chi connectivity index (χ4n) is 2.17. The average Bonchev–Trinajstić information content (AvgIpc) is 3.11. The number of pyridine rings is 1. The number of rotatable bonds is 6. The van der Waals surface area contributed by atoms with Gasteiger partial charge in [-0.05, 0) is 31.2 Å². The number of hydrogen-bond acceptors (Lipinski definition) is 6. The number of nitrogens with one attached hydrogen (secondary N) is 1. The number of halogens is 1. The van der Waals surface area contributed by atoms with Gasteiger partial charge in [0.05, 0.1) is 18.7 Å². The third-order valence-corrected chi connectivity index (χ3v) is 3.31. The molecule has 25 heavy (non-hydrogen) atoms. The maximum absolute atomic E-state index is 13.8. The number of aromatic nitrogens is 3. The van der Waals surface area contributed by atoms with E-state index in [1.165, 1.54) is 18.2 Å². The summed E-state index contributed by atoms with van der Waals surface area (Å²) in [5.74, 6) is -0.536. The van der Waals surface area contributed by atoms with Crippen LogP contribution in [0.25, 0.3) is 11.4 Å². The third kappa shape index (κ3) is 3.79. The minimum Gasteiger partial charge on any atom is -0.490 e. The van der Waals surface area contributed by atoms with Crippen molar-refractivity contribution in [2.75, 3.05) is 6.61 Å². The number of hydrogen-bond donors (Lipinski definition) is 1. The molecule has 0 aliphatic rings. The monoisotopic (exact) mass is 342 g/mol. The van der Waals surface area contributed by atoms with E-state index in [-0.39, 0.29) is 30.4 Å². The van der Waals surface area contributed by atoms with Crippen molar-refractivity contribution in [3.05, 3.63) is 60.0 Å². The highest BCUT2D eigenvalue weighted by Gasteiger charge is 2.17. The Morgan fingerprint density at radius 2 is 2.08 bits per heavy atom. The van der Waals surface area contributed by atoms with Gasteiger partial charge in [0.2, 0.25) is 11.7 Å². The van der Waals surface area contributed by atoms with E-state index < -0.39 is 11.7 Å². The highest BCUT2D eigenvalue weighted by molar-refractivity contribution is 5.96. The molecule has 0 radical (unpaired) electrons. The van der Waals surface area contributed by atoms with Crippen LogP contribution in [0.15, 0.2) is 47.2 Å². The Bertz CT molecular complexity index is 867. The molecule has 3 aromatic rings. The highest BCUT2D eigenvalue weighted by Crippen LogP contribution is 2.22. The summed E-state index contributed by atoms with van der Waals surface area (Å²) in [5.41, 5.74) is 0.857. The van der Waals surface area contributed by atoms with Crippen molar-refractivity contribution in [2.45, 2.75) is 13.5 Å². The molecule has 0 bridgehead atoms. The molecule has 0 saturated carbocycles. The molecule has 0 atom stereocenters. The standard InChI is InChI=1S/C17H15FN4O3/c1-2-24-15-12(4-3-5-13(15)18)17(23)20-10-14-21-16(22-25-14)11-6-8-19-9-7-11/h3-9H,2,10H2,1H3,(H,20,23). The van der Waals surface area contributed by atoms with Gasteiger partial charge in [0, 0.05) is 18.0 Å². The van der Waals surface area contributed by atoms with Gasteiger partial charge in [0.15, 0.2) is 11.6 Å². The molecule has 0 aliphatic heterocycles. The Morgan fingerprint density at radius 3 is 2.84 bits per heavy atom. The lowest BCUT2D eigenvalue weighted by Gasteiger charge is -2.10. The van der Waals surface area contributed by atoms with Gasteiger partial charge in [-0.25, -0.2) is 4.39 Å². The number of ether oxygens (including phenoxy) is 1. The minimum absolute atomic E-state index is 0.0129. The SMILES string of the molecule is CCOc1c(F)cccc1C(=O)NCc1nc(-c2ccncc2)no1. The maximum atomic E-state index is 13.8. The molecule has 0 aliphatic carbocycles. The topological polar surface area (TPSA) is 90.1 Å². The highest BCUT2D eigenvalue weighted by atomic mass is 19.1. The first-order valence-corrected chi connectivity index (χ1v) is 7.61. The smallest absolute Gasteiger partial charge is 0.255 e. The van der Waals surface area contributed by atoms with Gasteiger partial charge in [0.1, 0.15) is 0 Å². The molecule has 8 heteroatoms. The van der Waals surface area contributed by atoms with E-state index in [9.17, 15) is 9.18 Å². The van der Waals surface area contributed by atoms with E-state index in [4.69, 9.17) is 9.26 Å². The Hall–Kier alpha value is -3.29. The van der Waals surface area contributed by atoms with Gasteiger partial charge < -0.3 is 14.6 Å². The van der Waals surface area contributed by atoms with Crippen LogP contribution in [-0.4, -0.2) is 27.6 Å². The summed E-state index contributed by atoms with van der Waals surface area (Å²) < 4.78 is 24.1. The summed E-state index contributed by atoms with van der Waals surface area (Å²) in [7, 11) is 0. The number of carbonyl (C=O) groups is 1. The van der Waals surface area contributed by atoms with Crippen LogP contribution < -0.4 is 10.1 Å². The first-order valence-electron chi connectivity index (χ1n) is 7.61. The van der Waals surface area contributed by atoms with Gasteiger partial charge in [-0.2, -0.15) is 4.98 Å². The van der Waals surface area contributed by atoms with Crippen LogP contribution >= 0.6 is 0 Å². The van der Waals surface area contributed by atoms with Gasteiger partial charge in [0.25, 0.3) is 5.91 Å². The summed E-state index contributed by atoms with van der Waals surface area (Å²) in [5, 5.41) is 6.46. The fraction of sp³-hybridized carbons (Fsp3) is 0.176. The second kappa shape index (κ2) is 7.52. The van der Waals surface area contributed by atoms with Gasteiger partial charge in [-0.3, -0.25) is 9.78 Å². The maximum Gasteiger partial charge on any atom is 0.255 e. The molecular weight excluding hydrogens is 327 g/mol. The van der Waals surface area contributed by atoms with E-state index >= 15 is 0 Å². The lowest BCUT2D eigenvalue weighted by atomic mass is 10.2. The third-order valence-electron chi connectivity index (χ3n) is 3.31. The molecule has 0 saturated heterocycles. The van der Waals surface area contributed by atoms with Crippen LogP contribution in [0.2, 0.25) is 0 Å². The summed E-state index contributed by atoms with van der Waals surface area (Å²) in [4.78, 5) is 20.4. The molecule has 7 nitrogen and oxygen atoms in total. The Kier molecular flexibility index (Phi) is 4.98. The molecule has 128 valence electrons. The van der Waals surface area contributed by atoms with Crippen LogP contribution in [0.3, 0.4) is 0 Å². The summed E-state index contributed by atoms with van der Waals surface area (Å²) in [6, 6.07) is 7.66. The van der Waals surface area contributed by atoms with Crippen LogP contribution in [0, 0.1) is 5.82 Å². The second-order valence-corrected chi connectivity index (χ2v) is 4.98. The number of carbonyl (C=O) groups excluding carboxylic acids is 1. The molecule has 3 rings (SSSR count). The molecule has 0 unspecified atom stereocenters. The Balaban J connectivity index is 1.69. The summed E-state index contributed by atoms with van der Waals surface area (Å²) in [6.45, 7) is 1.98. The first-order chi connectivity index (χ1) is 12.2. The van der Waals surface area contributed by atoms with Crippen molar-refractivity contribution in [1.82, 2.24) is 20.4 Å². The number of nitrogens with zero attached hydrogens (tertiary/aromatic N) is 3. The van der Waals surface area contributed by atoms with Crippen molar-refractivity contribution in [3.8, 4) is 17.1 Å². The van der Waals surface area contributed by atoms with Gasteiger partial charge in [-0.1, -0.05) is 11.2 Å². The van der Waals surface area contributed by atoms with E-state index in [2.05, 4.69) is 20.4 Å². The predicted molar refractivity (Wildman–Crippen MR) is 86.3 cm³/mol. The molecule has 0 spiro atoms. The molecule has 2 aromatic heterocycles. The largest absolute Gasteiger partial charge is 0.490 e. The van der Waals surface area contributed by atoms with Crippen LogP contribution in [0.1, 0.15) is 23.2 Å². The quantitative estimate of drug-likeness (QED) is 0.740. The molecule has 0 fully saturated rings. The van der Waals surface area contributed by atoms with Crippen LogP contribution in [-0.2, 0) is 6.54 Å². The molecule has 1 N–H and O–H groups in total. The van der Waals surface area contributed by atoms with Crippen molar-refractivity contribution < 1.29 is 18.4 Å². The Labute approximate surface area is 142 Å². The summed E-state index contributed by atoms with van der Waals surface area (Å²) >= 11 is 0. The zero-order valence-electron chi connectivity index (χ0n) is 13.4. The van der Waals surface area contributed by atoms with E-state index in [1.807, 2.05) is 0 Å². The molecule has 1 amide bonds. The molecule has 1 aromatic carbocycles. The van der Waals surface area contributed by atoms with Crippen LogP contribution in [0.4, 0.5) is 4.39 Å². The summed E-state index contributed by atoms with van der Waals surface area (Å²) in [6.07, 6.45) is 3.23. The predicted octanol–water partition coefficient (Wildman–Crippen LogP) is 2.60.